The first kappa shape index (κ1) is 10.4. The van der Waals surface area contributed by atoms with Crippen LogP contribution in [0.1, 0.15) is 13.3 Å². The summed E-state index contributed by atoms with van der Waals surface area (Å²) in [6.45, 7) is 3.18. The van der Waals surface area contributed by atoms with E-state index in [4.69, 9.17) is 10.2 Å². The Hall–Kier alpha value is -0.610. The van der Waals surface area contributed by atoms with Crippen molar-refractivity contribution in [1.82, 2.24) is 5.32 Å². The van der Waals surface area contributed by atoms with Crippen molar-refractivity contribution in [2.24, 2.45) is 5.92 Å². The highest BCUT2D eigenvalue weighted by molar-refractivity contribution is 5.66. The molecule has 0 aliphatic heterocycles. The third-order valence-electron chi connectivity index (χ3n) is 1.32. The van der Waals surface area contributed by atoms with E-state index in [1.54, 1.807) is 0 Å². The van der Waals surface area contributed by atoms with Gasteiger partial charge in [0.1, 0.15) is 0 Å². The van der Waals surface area contributed by atoms with Gasteiger partial charge in [0, 0.05) is 13.2 Å². The molecule has 0 aromatic carbocycles. The number of aliphatic carboxylic acids is 1. The monoisotopic (exact) mass is 161 g/mol. The Labute approximate surface area is 66.2 Å². The molecule has 0 spiro atoms. The van der Waals surface area contributed by atoms with E-state index in [1.165, 1.54) is 0 Å². The number of rotatable bonds is 6. The van der Waals surface area contributed by atoms with Gasteiger partial charge in [-0.25, -0.2) is 0 Å². The summed E-state index contributed by atoms with van der Waals surface area (Å²) in [6.07, 6.45) is 0.137. The van der Waals surface area contributed by atoms with E-state index in [0.717, 1.165) is 0 Å². The second kappa shape index (κ2) is 6.12. The molecular weight excluding hydrogens is 146 g/mol. The van der Waals surface area contributed by atoms with Crippen molar-refractivity contribution in [3.05, 3.63) is 0 Å². The minimum atomic E-state index is -0.797. The number of aliphatic hydroxyl groups excluding tert-OH is 1. The van der Waals surface area contributed by atoms with Crippen molar-refractivity contribution in [1.29, 1.82) is 0 Å². The Bertz CT molecular complexity index is 116. The van der Waals surface area contributed by atoms with Gasteiger partial charge >= 0.3 is 5.97 Å². The van der Waals surface area contributed by atoms with Crippen LogP contribution in [0.4, 0.5) is 0 Å². The summed E-state index contributed by atoms with van der Waals surface area (Å²) in [5.41, 5.74) is 0. The summed E-state index contributed by atoms with van der Waals surface area (Å²) < 4.78 is 0. The van der Waals surface area contributed by atoms with Gasteiger partial charge in [-0.05, 0) is 12.5 Å². The summed E-state index contributed by atoms with van der Waals surface area (Å²) in [7, 11) is 0. The van der Waals surface area contributed by atoms with Gasteiger partial charge in [-0.15, -0.1) is 0 Å². The molecule has 0 aromatic heterocycles. The topological polar surface area (TPSA) is 69.6 Å². The van der Waals surface area contributed by atoms with Crippen molar-refractivity contribution in [2.75, 3.05) is 19.7 Å². The molecule has 11 heavy (non-hydrogen) atoms. The van der Waals surface area contributed by atoms with Crippen LogP contribution in [-0.2, 0) is 4.79 Å². The lowest BCUT2D eigenvalue weighted by molar-refractivity contribution is -0.136. The maximum Gasteiger partial charge on any atom is 0.304 e. The number of carboxylic acids is 1. The molecule has 0 amide bonds. The number of hydrogen-bond acceptors (Lipinski definition) is 3. The Morgan fingerprint density at radius 2 is 2.27 bits per heavy atom. The molecule has 0 aliphatic rings. The largest absolute Gasteiger partial charge is 0.481 e. The van der Waals surface area contributed by atoms with Gasteiger partial charge in [-0.2, -0.15) is 0 Å². The van der Waals surface area contributed by atoms with Gasteiger partial charge in [-0.3, -0.25) is 4.79 Å². The first-order valence-corrected chi connectivity index (χ1v) is 3.70. The molecular formula is C7H15NO3. The van der Waals surface area contributed by atoms with Crippen molar-refractivity contribution in [2.45, 2.75) is 13.3 Å². The number of hydrogen-bond donors (Lipinski definition) is 3. The predicted octanol–water partition coefficient (Wildman–Crippen LogP) is -0.321. The highest BCUT2D eigenvalue weighted by Gasteiger charge is 1.99. The zero-order valence-electron chi connectivity index (χ0n) is 6.71. The van der Waals surface area contributed by atoms with Gasteiger partial charge in [0.25, 0.3) is 0 Å². The van der Waals surface area contributed by atoms with E-state index < -0.39 is 5.97 Å². The summed E-state index contributed by atoms with van der Waals surface area (Å²) >= 11 is 0. The van der Waals surface area contributed by atoms with Crippen LogP contribution < -0.4 is 5.32 Å². The molecule has 1 unspecified atom stereocenters. The fraction of sp³-hybridized carbons (Fsp3) is 0.857. The molecule has 1 atom stereocenters. The van der Waals surface area contributed by atoms with Crippen LogP contribution in [-0.4, -0.2) is 35.9 Å². The SMILES string of the molecule is CC(CO)CNCCC(=O)O. The smallest absolute Gasteiger partial charge is 0.304 e. The maximum atomic E-state index is 10.0. The van der Waals surface area contributed by atoms with Gasteiger partial charge in [0.2, 0.25) is 0 Å². The Balaban J connectivity index is 3.08. The third-order valence-corrected chi connectivity index (χ3v) is 1.32. The molecule has 0 saturated carbocycles. The summed E-state index contributed by atoms with van der Waals surface area (Å²) in [5.74, 6) is -0.599. The third kappa shape index (κ3) is 7.29. The second-order valence-corrected chi connectivity index (χ2v) is 2.64. The summed E-state index contributed by atoms with van der Waals surface area (Å²) in [5, 5.41) is 19.8. The molecule has 0 saturated heterocycles. The van der Waals surface area contributed by atoms with E-state index in [-0.39, 0.29) is 18.9 Å². The maximum absolute atomic E-state index is 10.0. The first-order valence-electron chi connectivity index (χ1n) is 3.70. The van der Waals surface area contributed by atoms with E-state index in [1.807, 2.05) is 6.92 Å². The van der Waals surface area contributed by atoms with E-state index in [0.29, 0.717) is 13.1 Å². The molecule has 4 heteroatoms. The van der Waals surface area contributed by atoms with E-state index in [2.05, 4.69) is 5.32 Å². The van der Waals surface area contributed by atoms with Gasteiger partial charge < -0.3 is 15.5 Å². The molecule has 0 aliphatic carbocycles. The normalized spacial score (nSPS) is 12.9. The lowest BCUT2D eigenvalue weighted by atomic mass is 10.2. The summed E-state index contributed by atoms with van der Waals surface area (Å²) in [4.78, 5) is 10.0. The molecule has 0 fully saturated rings. The van der Waals surface area contributed by atoms with Crippen LogP contribution in [0.2, 0.25) is 0 Å². The molecule has 4 nitrogen and oxygen atoms in total. The Morgan fingerprint density at radius 3 is 2.73 bits per heavy atom. The lowest BCUT2D eigenvalue weighted by Crippen LogP contribution is -2.25. The average molecular weight is 161 g/mol. The molecule has 0 rings (SSSR count). The Morgan fingerprint density at radius 1 is 1.64 bits per heavy atom. The van der Waals surface area contributed by atoms with Crippen LogP contribution in [0, 0.1) is 5.92 Å². The minimum Gasteiger partial charge on any atom is -0.481 e. The standard InChI is InChI=1S/C7H15NO3/c1-6(5-9)4-8-3-2-7(10)11/h6,8-9H,2-5H2,1H3,(H,10,11). The van der Waals surface area contributed by atoms with Crippen LogP contribution in [0.25, 0.3) is 0 Å². The van der Waals surface area contributed by atoms with E-state index >= 15 is 0 Å². The van der Waals surface area contributed by atoms with Crippen molar-refractivity contribution >= 4 is 5.97 Å². The molecule has 0 bridgehead atoms. The minimum absolute atomic E-state index is 0.137. The van der Waals surface area contributed by atoms with Crippen molar-refractivity contribution in [3.8, 4) is 0 Å². The molecule has 66 valence electrons. The van der Waals surface area contributed by atoms with Gasteiger partial charge in [0.05, 0.1) is 6.42 Å². The van der Waals surface area contributed by atoms with Gasteiger partial charge in [0.15, 0.2) is 0 Å². The van der Waals surface area contributed by atoms with Crippen LogP contribution >= 0.6 is 0 Å². The average Bonchev–Trinajstić information content (AvgIpc) is 1.97. The van der Waals surface area contributed by atoms with Crippen LogP contribution in [0.3, 0.4) is 0 Å². The zero-order chi connectivity index (χ0) is 8.69. The first-order chi connectivity index (χ1) is 5.16. The number of aliphatic hydroxyl groups is 1. The number of nitrogens with one attached hydrogen (secondary N) is 1. The fourth-order valence-electron chi connectivity index (χ4n) is 0.608. The van der Waals surface area contributed by atoms with E-state index in [9.17, 15) is 4.79 Å². The molecule has 0 radical (unpaired) electrons. The Kier molecular flexibility index (Phi) is 5.78. The highest BCUT2D eigenvalue weighted by atomic mass is 16.4. The molecule has 3 N–H and O–H groups in total. The zero-order valence-corrected chi connectivity index (χ0v) is 6.71. The predicted molar refractivity (Wildman–Crippen MR) is 41.4 cm³/mol. The van der Waals surface area contributed by atoms with Crippen molar-refractivity contribution < 1.29 is 15.0 Å². The number of carboxylic acid groups (broad SMARTS) is 1. The van der Waals surface area contributed by atoms with Crippen molar-refractivity contribution in [3.63, 3.8) is 0 Å². The highest BCUT2D eigenvalue weighted by Crippen LogP contribution is 1.88. The second-order valence-electron chi connectivity index (χ2n) is 2.64. The van der Waals surface area contributed by atoms with Gasteiger partial charge in [-0.1, -0.05) is 6.92 Å². The molecule has 0 heterocycles. The summed E-state index contributed by atoms with van der Waals surface area (Å²) in [6, 6.07) is 0. The van der Waals surface area contributed by atoms with Crippen LogP contribution in [0.15, 0.2) is 0 Å². The number of carbonyl (C=O) groups is 1. The van der Waals surface area contributed by atoms with Crippen LogP contribution in [0.5, 0.6) is 0 Å². The fourth-order valence-corrected chi connectivity index (χ4v) is 0.608. The quantitative estimate of drug-likeness (QED) is 0.467. The lowest BCUT2D eigenvalue weighted by Gasteiger charge is -2.07. The molecule has 0 aromatic rings.